The van der Waals surface area contributed by atoms with Crippen LogP contribution in [0.25, 0.3) is 0 Å². The van der Waals surface area contributed by atoms with Crippen LogP contribution in [-0.2, 0) is 0 Å². The first-order chi connectivity index (χ1) is 9.02. The number of nitrogens with zero attached hydrogens (tertiary/aromatic N) is 3. The van der Waals surface area contributed by atoms with Gasteiger partial charge in [0.1, 0.15) is 11.5 Å². The van der Waals surface area contributed by atoms with Crippen molar-refractivity contribution < 1.29 is 4.79 Å². The molecule has 0 bridgehead atoms. The van der Waals surface area contributed by atoms with E-state index in [1.807, 2.05) is 4.90 Å². The summed E-state index contributed by atoms with van der Waals surface area (Å²) in [6, 6.07) is 3.60. The number of hydrogen-bond donors (Lipinski definition) is 1. The lowest BCUT2D eigenvalue weighted by Gasteiger charge is -2.39. The highest BCUT2D eigenvalue weighted by molar-refractivity contribution is 6.33. The number of nitrogen functional groups attached to an aromatic ring is 1. The number of pyridine rings is 1. The first-order valence-corrected chi connectivity index (χ1v) is 6.82. The normalized spacial score (nSPS) is 20.6. The molecule has 2 rings (SSSR count). The maximum absolute atomic E-state index is 12.4. The lowest BCUT2D eigenvalue weighted by Crippen LogP contribution is -2.53. The van der Waals surface area contributed by atoms with Crippen molar-refractivity contribution in [2.75, 3.05) is 32.4 Å². The van der Waals surface area contributed by atoms with E-state index in [1.54, 1.807) is 12.1 Å². The van der Waals surface area contributed by atoms with Crippen molar-refractivity contribution in [1.29, 1.82) is 0 Å². The van der Waals surface area contributed by atoms with Crippen LogP contribution in [0.2, 0.25) is 5.02 Å². The maximum atomic E-state index is 12.4. The number of carbonyl (C=O) groups is 1. The molecule has 1 aromatic heterocycles. The number of rotatable bonds is 2. The Morgan fingerprint density at radius 2 is 2.26 bits per heavy atom. The molecule has 0 aliphatic carbocycles. The average molecular weight is 283 g/mol. The number of likely N-dealkylation sites (N-methyl/N-ethyl adjacent to an activating group) is 1. The molecule has 2 heterocycles. The van der Waals surface area contributed by atoms with Crippen molar-refractivity contribution in [3.8, 4) is 0 Å². The lowest BCUT2D eigenvalue weighted by atomic mass is 10.1. The molecule has 6 heteroatoms. The molecule has 19 heavy (non-hydrogen) atoms. The monoisotopic (exact) mass is 282 g/mol. The second-order valence-corrected chi connectivity index (χ2v) is 5.27. The van der Waals surface area contributed by atoms with E-state index in [1.165, 1.54) is 0 Å². The van der Waals surface area contributed by atoms with Crippen molar-refractivity contribution in [3.63, 3.8) is 0 Å². The molecule has 1 atom stereocenters. The Morgan fingerprint density at radius 1 is 1.53 bits per heavy atom. The molecule has 0 aromatic carbocycles. The van der Waals surface area contributed by atoms with Crippen LogP contribution in [0.4, 0.5) is 5.82 Å². The van der Waals surface area contributed by atoms with Crippen LogP contribution in [-0.4, -0.2) is 53.4 Å². The van der Waals surface area contributed by atoms with E-state index in [0.717, 1.165) is 13.0 Å². The highest BCUT2D eigenvalue weighted by Crippen LogP contribution is 2.19. The number of nitrogens with two attached hydrogens (primary N) is 1. The van der Waals surface area contributed by atoms with E-state index < -0.39 is 0 Å². The second-order valence-electron chi connectivity index (χ2n) is 4.86. The summed E-state index contributed by atoms with van der Waals surface area (Å²) in [5.41, 5.74) is 5.87. The highest BCUT2D eigenvalue weighted by Gasteiger charge is 2.28. The van der Waals surface area contributed by atoms with Crippen LogP contribution in [0, 0.1) is 0 Å². The fourth-order valence-electron chi connectivity index (χ4n) is 2.33. The third kappa shape index (κ3) is 2.98. The van der Waals surface area contributed by atoms with Crippen LogP contribution in [0.15, 0.2) is 12.1 Å². The molecule has 1 unspecified atom stereocenters. The second kappa shape index (κ2) is 5.75. The largest absolute Gasteiger partial charge is 0.384 e. The average Bonchev–Trinajstić information content (AvgIpc) is 2.41. The summed E-state index contributed by atoms with van der Waals surface area (Å²) in [6.45, 7) is 4.39. The summed E-state index contributed by atoms with van der Waals surface area (Å²) in [5, 5.41) is 0.353. The molecule has 2 N–H and O–H groups in total. The molecule has 5 nitrogen and oxygen atoms in total. The van der Waals surface area contributed by atoms with E-state index in [9.17, 15) is 4.79 Å². The Bertz CT molecular complexity index is 480. The molecule has 0 spiro atoms. The Morgan fingerprint density at radius 3 is 2.95 bits per heavy atom. The van der Waals surface area contributed by atoms with Gasteiger partial charge in [-0.3, -0.25) is 9.69 Å². The molecular formula is C13H19ClN4O. The molecule has 1 amide bonds. The van der Waals surface area contributed by atoms with Gasteiger partial charge in [0.05, 0.1) is 5.02 Å². The number of piperazine rings is 1. The van der Waals surface area contributed by atoms with Crippen LogP contribution >= 0.6 is 11.6 Å². The molecule has 0 saturated carbocycles. The number of carbonyl (C=O) groups excluding carboxylic acids is 1. The number of amides is 1. The topological polar surface area (TPSA) is 62.5 Å². The minimum Gasteiger partial charge on any atom is -0.384 e. The number of anilines is 1. The minimum atomic E-state index is -0.135. The first-order valence-electron chi connectivity index (χ1n) is 6.44. The van der Waals surface area contributed by atoms with Gasteiger partial charge in [-0.05, 0) is 25.6 Å². The summed E-state index contributed by atoms with van der Waals surface area (Å²) in [7, 11) is 2.09. The Hall–Kier alpha value is -1.33. The van der Waals surface area contributed by atoms with Gasteiger partial charge in [-0.25, -0.2) is 4.98 Å². The van der Waals surface area contributed by atoms with Gasteiger partial charge in [0, 0.05) is 25.7 Å². The molecular weight excluding hydrogens is 264 g/mol. The molecule has 104 valence electrons. The summed E-state index contributed by atoms with van der Waals surface area (Å²) in [5.74, 6) is 0.178. The van der Waals surface area contributed by atoms with E-state index >= 15 is 0 Å². The van der Waals surface area contributed by atoms with E-state index in [-0.39, 0.29) is 11.6 Å². The quantitative estimate of drug-likeness (QED) is 0.893. The molecule has 0 radical (unpaired) electrons. The van der Waals surface area contributed by atoms with Crippen LogP contribution in [0.1, 0.15) is 23.8 Å². The maximum Gasteiger partial charge on any atom is 0.274 e. The van der Waals surface area contributed by atoms with Crippen molar-refractivity contribution in [2.45, 2.75) is 19.4 Å². The van der Waals surface area contributed by atoms with Gasteiger partial charge >= 0.3 is 0 Å². The standard InChI is InChI=1S/C13H19ClN4O/c1-3-9-8-18(7-6-17(9)2)13(19)12-10(14)4-5-11(15)16-12/h4-5,9H,3,6-8H2,1-2H3,(H2,15,16). The molecule has 1 aliphatic heterocycles. The van der Waals surface area contributed by atoms with Crippen molar-refractivity contribution in [2.24, 2.45) is 0 Å². The zero-order chi connectivity index (χ0) is 14.0. The molecule has 1 saturated heterocycles. The fourth-order valence-corrected chi connectivity index (χ4v) is 2.51. The smallest absolute Gasteiger partial charge is 0.274 e. The molecule has 1 aliphatic rings. The number of halogens is 1. The van der Waals surface area contributed by atoms with E-state index in [0.29, 0.717) is 30.0 Å². The Labute approximate surface area is 118 Å². The van der Waals surface area contributed by atoms with Crippen LogP contribution in [0.3, 0.4) is 0 Å². The van der Waals surface area contributed by atoms with Gasteiger partial charge in [-0.2, -0.15) is 0 Å². The fraction of sp³-hybridized carbons (Fsp3) is 0.538. The van der Waals surface area contributed by atoms with Crippen molar-refractivity contribution in [3.05, 3.63) is 22.8 Å². The third-order valence-corrected chi connectivity index (χ3v) is 3.91. The molecule has 1 fully saturated rings. The summed E-state index contributed by atoms with van der Waals surface area (Å²) in [6.07, 6.45) is 1.01. The van der Waals surface area contributed by atoms with E-state index in [2.05, 4.69) is 23.9 Å². The summed E-state index contributed by atoms with van der Waals surface area (Å²) >= 11 is 6.03. The van der Waals surface area contributed by atoms with Gasteiger partial charge in [0.2, 0.25) is 0 Å². The SMILES string of the molecule is CCC1CN(C(=O)c2nc(N)ccc2Cl)CCN1C. The number of aromatic nitrogens is 1. The zero-order valence-electron chi connectivity index (χ0n) is 11.3. The third-order valence-electron chi connectivity index (χ3n) is 3.61. The van der Waals surface area contributed by atoms with Crippen LogP contribution in [0.5, 0.6) is 0 Å². The van der Waals surface area contributed by atoms with Gasteiger partial charge in [-0.1, -0.05) is 18.5 Å². The minimum absolute atomic E-state index is 0.135. The van der Waals surface area contributed by atoms with Gasteiger partial charge < -0.3 is 10.6 Å². The van der Waals surface area contributed by atoms with Crippen molar-refractivity contribution >= 4 is 23.3 Å². The zero-order valence-corrected chi connectivity index (χ0v) is 12.0. The Kier molecular flexibility index (Phi) is 4.27. The summed E-state index contributed by atoms with van der Waals surface area (Å²) < 4.78 is 0. The Balaban J connectivity index is 2.18. The predicted octanol–water partition coefficient (Wildman–Crippen LogP) is 1.48. The lowest BCUT2D eigenvalue weighted by molar-refractivity contribution is 0.0537. The van der Waals surface area contributed by atoms with Gasteiger partial charge in [-0.15, -0.1) is 0 Å². The van der Waals surface area contributed by atoms with E-state index in [4.69, 9.17) is 17.3 Å². The highest BCUT2D eigenvalue weighted by atomic mass is 35.5. The predicted molar refractivity (Wildman–Crippen MR) is 76.3 cm³/mol. The van der Waals surface area contributed by atoms with Crippen molar-refractivity contribution in [1.82, 2.24) is 14.8 Å². The van der Waals surface area contributed by atoms with Crippen LogP contribution < -0.4 is 5.73 Å². The first kappa shape index (κ1) is 14.1. The van der Waals surface area contributed by atoms with Gasteiger partial charge in [0.15, 0.2) is 0 Å². The van der Waals surface area contributed by atoms with Gasteiger partial charge in [0.25, 0.3) is 5.91 Å². The number of hydrogen-bond acceptors (Lipinski definition) is 4. The molecule has 1 aromatic rings. The summed E-state index contributed by atoms with van der Waals surface area (Å²) in [4.78, 5) is 20.6.